The molecule has 0 spiro atoms. The number of carbonyl (C=O) groups excluding carboxylic acids is 1. The number of likely N-dealkylation sites (tertiary alicyclic amines) is 2. The van der Waals surface area contributed by atoms with E-state index in [0.717, 1.165) is 45.4 Å². The summed E-state index contributed by atoms with van der Waals surface area (Å²) in [5, 5.41) is 3.23. The SMILES string of the molecule is CC(C)N1CCC(NC(=O)CN2CCC(N)C(C)(C)C2)CC1. The van der Waals surface area contributed by atoms with Crippen molar-refractivity contribution in [3.05, 3.63) is 0 Å². The number of nitrogens with zero attached hydrogens (tertiary/aromatic N) is 2. The summed E-state index contributed by atoms with van der Waals surface area (Å²) in [6.45, 7) is 13.4. The quantitative estimate of drug-likeness (QED) is 0.814. The van der Waals surface area contributed by atoms with Crippen molar-refractivity contribution in [1.29, 1.82) is 0 Å². The summed E-state index contributed by atoms with van der Waals surface area (Å²) in [6.07, 6.45) is 3.12. The number of amides is 1. The van der Waals surface area contributed by atoms with Gasteiger partial charge in [-0.25, -0.2) is 0 Å². The summed E-state index contributed by atoms with van der Waals surface area (Å²) in [5.74, 6) is 0.175. The van der Waals surface area contributed by atoms with Gasteiger partial charge in [0.05, 0.1) is 6.54 Å². The number of rotatable bonds is 4. The highest BCUT2D eigenvalue weighted by Crippen LogP contribution is 2.27. The molecule has 3 N–H and O–H groups in total. The first-order chi connectivity index (χ1) is 10.3. The highest BCUT2D eigenvalue weighted by atomic mass is 16.2. The molecule has 5 heteroatoms. The average molecular weight is 310 g/mol. The van der Waals surface area contributed by atoms with E-state index in [1.165, 1.54) is 0 Å². The fourth-order valence-corrected chi connectivity index (χ4v) is 3.66. The largest absolute Gasteiger partial charge is 0.352 e. The van der Waals surface area contributed by atoms with Crippen LogP contribution in [-0.4, -0.2) is 66.6 Å². The lowest BCUT2D eigenvalue weighted by Gasteiger charge is -2.42. The number of nitrogens with one attached hydrogen (secondary N) is 1. The number of piperidine rings is 2. The first kappa shape index (κ1) is 17.7. The van der Waals surface area contributed by atoms with E-state index in [2.05, 4.69) is 42.8 Å². The Labute approximate surface area is 135 Å². The van der Waals surface area contributed by atoms with Crippen LogP contribution in [0.3, 0.4) is 0 Å². The molecule has 2 aliphatic rings. The van der Waals surface area contributed by atoms with E-state index in [1.54, 1.807) is 0 Å². The molecule has 1 amide bonds. The molecule has 0 aromatic heterocycles. The van der Waals surface area contributed by atoms with Crippen LogP contribution in [0.15, 0.2) is 0 Å². The third-order valence-electron chi connectivity index (χ3n) is 5.38. The molecule has 5 nitrogen and oxygen atoms in total. The number of hydrogen-bond acceptors (Lipinski definition) is 4. The van der Waals surface area contributed by atoms with Gasteiger partial charge in [0.15, 0.2) is 0 Å². The molecule has 2 heterocycles. The molecule has 0 saturated carbocycles. The molecule has 2 rings (SSSR count). The van der Waals surface area contributed by atoms with Crippen LogP contribution in [0.25, 0.3) is 0 Å². The number of hydrogen-bond donors (Lipinski definition) is 2. The van der Waals surface area contributed by atoms with Gasteiger partial charge < -0.3 is 16.0 Å². The van der Waals surface area contributed by atoms with E-state index in [0.29, 0.717) is 18.6 Å². The van der Waals surface area contributed by atoms with Gasteiger partial charge in [0, 0.05) is 44.3 Å². The zero-order valence-electron chi connectivity index (χ0n) is 14.8. The van der Waals surface area contributed by atoms with Gasteiger partial charge in [-0.2, -0.15) is 0 Å². The topological polar surface area (TPSA) is 61.6 Å². The Morgan fingerprint density at radius 3 is 2.41 bits per heavy atom. The molecule has 0 aliphatic carbocycles. The molecular formula is C17H34N4O. The van der Waals surface area contributed by atoms with Crippen molar-refractivity contribution in [2.24, 2.45) is 11.1 Å². The molecule has 1 unspecified atom stereocenters. The molecule has 2 saturated heterocycles. The molecule has 1 atom stereocenters. The summed E-state index contributed by atoms with van der Waals surface area (Å²) >= 11 is 0. The predicted molar refractivity (Wildman–Crippen MR) is 90.7 cm³/mol. The average Bonchev–Trinajstić information content (AvgIpc) is 2.43. The zero-order valence-corrected chi connectivity index (χ0v) is 14.8. The monoisotopic (exact) mass is 310 g/mol. The zero-order chi connectivity index (χ0) is 16.3. The normalized spacial score (nSPS) is 28.0. The Bertz CT molecular complexity index is 375. The van der Waals surface area contributed by atoms with E-state index < -0.39 is 0 Å². The van der Waals surface area contributed by atoms with Crippen LogP contribution in [0.2, 0.25) is 0 Å². The van der Waals surface area contributed by atoms with Gasteiger partial charge >= 0.3 is 0 Å². The summed E-state index contributed by atoms with van der Waals surface area (Å²) in [5.41, 5.74) is 6.26. The van der Waals surface area contributed by atoms with Crippen LogP contribution in [0, 0.1) is 5.41 Å². The second-order valence-corrected chi connectivity index (χ2v) is 8.07. The minimum Gasteiger partial charge on any atom is -0.352 e. The molecule has 128 valence electrons. The van der Waals surface area contributed by atoms with Gasteiger partial charge in [0.2, 0.25) is 5.91 Å². The Kier molecular flexibility index (Phi) is 5.86. The van der Waals surface area contributed by atoms with Gasteiger partial charge in [0.25, 0.3) is 0 Å². The molecule has 0 aromatic rings. The van der Waals surface area contributed by atoms with E-state index in [4.69, 9.17) is 5.73 Å². The van der Waals surface area contributed by atoms with Gasteiger partial charge in [-0.15, -0.1) is 0 Å². The van der Waals surface area contributed by atoms with Crippen molar-refractivity contribution in [2.45, 2.75) is 65.1 Å². The molecule has 0 radical (unpaired) electrons. The summed E-state index contributed by atoms with van der Waals surface area (Å²) < 4.78 is 0. The maximum Gasteiger partial charge on any atom is 0.234 e. The van der Waals surface area contributed by atoms with Crippen LogP contribution < -0.4 is 11.1 Å². The van der Waals surface area contributed by atoms with Crippen molar-refractivity contribution in [3.8, 4) is 0 Å². The minimum atomic E-state index is 0.0983. The smallest absolute Gasteiger partial charge is 0.234 e. The Morgan fingerprint density at radius 1 is 1.23 bits per heavy atom. The van der Waals surface area contributed by atoms with Crippen molar-refractivity contribution < 1.29 is 4.79 Å². The van der Waals surface area contributed by atoms with Crippen molar-refractivity contribution in [1.82, 2.24) is 15.1 Å². The standard InChI is InChI=1S/C17H34N4O/c1-13(2)21-9-5-14(6-10-21)19-16(22)11-20-8-7-15(18)17(3,4)12-20/h13-15H,5-12,18H2,1-4H3,(H,19,22). The Morgan fingerprint density at radius 2 is 1.86 bits per heavy atom. The van der Waals surface area contributed by atoms with Gasteiger partial charge in [-0.3, -0.25) is 9.69 Å². The highest BCUT2D eigenvalue weighted by molar-refractivity contribution is 5.78. The van der Waals surface area contributed by atoms with Crippen molar-refractivity contribution in [3.63, 3.8) is 0 Å². The molecule has 2 aliphatic heterocycles. The van der Waals surface area contributed by atoms with Crippen molar-refractivity contribution >= 4 is 5.91 Å². The second kappa shape index (κ2) is 7.28. The lowest BCUT2D eigenvalue weighted by atomic mass is 9.80. The second-order valence-electron chi connectivity index (χ2n) is 8.07. The van der Waals surface area contributed by atoms with Gasteiger partial charge in [-0.1, -0.05) is 13.8 Å². The molecule has 0 bridgehead atoms. The summed E-state index contributed by atoms with van der Waals surface area (Å²) in [7, 11) is 0. The number of carbonyl (C=O) groups is 1. The van der Waals surface area contributed by atoms with Crippen LogP contribution in [-0.2, 0) is 4.79 Å². The van der Waals surface area contributed by atoms with E-state index in [-0.39, 0.29) is 17.4 Å². The van der Waals surface area contributed by atoms with Crippen LogP contribution in [0.5, 0.6) is 0 Å². The van der Waals surface area contributed by atoms with Crippen LogP contribution in [0.4, 0.5) is 0 Å². The van der Waals surface area contributed by atoms with E-state index in [9.17, 15) is 4.79 Å². The molecule has 2 fully saturated rings. The van der Waals surface area contributed by atoms with E-state index in [1.807, 2.05) is 0 Å². The Balaban J connectivity index is 1.73. The number of nitrogens with two attached hydrogens (primary N) is 1. The summed E-state index contributed by atoms with van der Waals surface area (Å²) in [6, 6.07) is 1.20. The first-order valence-corrected chi connectivity index (χ1v) is 8.79. The summed E-state index contributed by atoms with van der Waals surface area (Å²) in [4.78, 5) is 17.0. The van der Waals surface area contributed by atoms with Crippen LogP contribution >= 0.6 is 0 Å². The van der Waals surface area contributed by atoms with E-state index >= 15 is 0 Å². The fourth-order valence-electron chi connectivity index (χ4n) is 3.66. The third kappa shape index (κ3) is 4.67. The van der Waals surface area contributed by atoms with Crippen LogP contribution in [0.1, 0.15) is 47.0 Å². The third-order valence-corrected chi connectivity index (χ3v) is 5.38. The predicted octanol–water partition coefficient (Wildman–Crippen LogP) is 1.03. The van der Waals surface area contributed by atoms with Gasteiger partial charge in [0.1, 0.15) is 0 Å². The van der Waals surface area contributed by atoms with Crippen molar-refractivity contribution in [2.75, 3.05) is 32.7 Å². The minimum absolute atomic E-state index is 0.0983. The highest BCUT2D eigenvalue weighted by Gasteiger charge is 2.34. The molecule has 0 aromatic carbocycles. The Hall–Kier alpha value is -0.650. The first-order valence-electron chi connectivity index (χ1n) is 8.79. The maximum absolute atomic E-state index is 12.3. The molecular weight excluding hydrogens is 276 g/mol. The fraction of sp³-hybridized carbons (Fsp3) is 0.941. The molecule has 22 heavy (non-hydrogen) atoms. The lowest BCUT2D eigenvalue weighted by Crippen LogP contribution is -2.55. The lowest BCUT2D eigenvalue weighted by molar-refractivity contribution is -0.124. The maximum atomic E-state index is 12.3. The van der Waals surface area contributed by atoms with Gasteiger partial charge in [-0.05, 0) is 38.5 Å².